The summed E-state index contributed by atoms with van der Waals surface area (Å²) in [7, 11) is 4.62. The van der Waals surface area contributed by atoms with Gasteiger partial charge in [-0.2, -0.15) is 0 Å². The molecule has 0 aliphatic carbocycles. The zero-order valence-corrected chi connectivity index (χ0v) is 20.3. The van der Waals surface area contributed by atoms with Crippen LogP contribution in [0.25, 0.3) is 0 Å². The molecule has 4 heteroatoms. The largest absolute Gasteiger partial charge is 1.00 e. The van der Waals surface area contributed by atoms with Crippen LogP contribution in [0, 0.1) is 0 Å². The van der Waals surface area contributed by atoms with Gasteiger partial charge in [-0.1, -0.05) is 77.2 Å². The molecule has 0 bridgehead atoms. The van der Waals surface area contributed by atoms with Gasteiger partial charge in [-0.25, -0.2) is 0 Å². The Morgan fingerprint density at radius 2 is 1.22 bits per heavy atom. The van der Waals surface area contributed by atoms with Crippen molar-refractivity contribution in [1.82, 2.24) is 5.32 Å². The average molecular weight is 448 g/mol. The third-order valence-electron chi connectivity index (χ3n) is 5.17. The van der Waals surface area contributed by atoms with Crippen LogP contribution in [-0.2, 0) is 4.79 Å². The number of carbonyl (C=O) groups excluding carboxylic acids is 1. The van der Waals surface area contributed by atoms with E-state index in [-0.39, 0.29) is 22.9 Å². The summed E-state index contributed by atoms with van der Waals surface area (Å²) in [5.41, 5.74) is 0. The Bertz CT molecular complexity index is 356. The number of rotatable bonds is 18. The van der Waals surface area contributed by atoms with E-state index in [0.717, 1.165) is 24.0 Å². The van der Waals surface area contributed by atoms with Gasteiger partial charge in [0, 0.05) is 13.0 Å². The Labute approximate surface area is 180 Å². The van der Waals surface area contributed by atoms with E-state index in [2.05, 4.69) is 26.3 Å². The third kappa shape index (κ3) is 21.8. The number of hydrogen-bond acceptors (Lipinski definition) is 1. The molecule has 0 aromatic rings. The van der Waals surface area contributed by atoms with E-state index < -0.39 is 0 Å². The van der Waals surface area contributed by atoms with Crippen LogP contribution >= 0.6 is 0 Å². The van der Waals surface area contributed by atoms with Crippen molar-refractivity contribution in [2.75, 3.05) is 33.7 Å². The van der Waals surface area contributed by atoms with E-state index in [9.17, 15) is 4.79 Å². The fourth-order valence-electron chi connectivity index (χ4n) is 3.42. The zero-order chi connectivity index (χ0) is 19.5. The van der Waals surface area contributed by atoms with Gasteiger partial charge in [0.15, 0.2) is 0 Å². The quantitative estimate of drug-likeness (QED) is 0.195. The van der Waals surface area contributed by atoms with Crippen LogP contribution in [0.15, 0.2) is 12.2 Å². The Morgan fingerprint density at radius 3 is 1.70 bits per heavy atom. The molecular formula is C23H47BrN2O. The second-order valence-electron chi connectivity index (χ2n) is 8.42. The summed E-state index contributed by atoms with van der Waals surface area (Å²) in [5.74, 6) is 0.0266. The SMILES string of the molecule is CC=CC(=O)NCCC[N+](C)(C)CCCCCCCCCCCCCC.[Br-]. The minimum absolute atomic E-state index is 0. The molecule has 0 aromatic heterocycles. The number of unbranched alkanes of at least 4 members (excludes halogenated alkanes) is 11. The predicted octanol–water partition coefficient (Wildman–Crippen LogP) is 2.85. The van der Waals surface area contributed by atoms with Gasteiger partial charge in [0.1, 0.15) is 0 Å². The van der Waals surface area contributed by atoms with Crippen LogP contribution in [0.1, 0.15) is 97.3 Å². The highest BCUT2D eigenvalue weighted by atomic mass is 79.9. The molecule has 0 fully saturated rings. The molecule has 0 rings (SSSR count). The van der Waals surface area contributed by atoms with E-state index >= 15 is 0 Å². The van der Waals surface area contributed by atoms with Crippen LogP contribution in [0.5, 0.6) is 0 Å². The molecule has 0 saturated carbocycles. The zero-order valence-electron chi connectivity index (χ0n) is 18.7. The first-order valence-electron chi connectivity index (χ1n) is 11.2. The standard InChI is InChI=1S/C23H46N2O.BrH/c1-5-7-8-9-10-11-12-13-14-15-16-17-21-25(3,4)22-18-20-24-23(26)19-6-2;/h6,19H,5,7-18,20-22H2,1-4H3;1H. The summed E-state index contributed by atoms with van der Waals surface area (Å²) >= 11 is 0. The van der Waals surface area contributed by atoms with Crippen molar-refractivity contribution in [2.24, 2.45) is 0 Å². The van der Waals surface area contributed by atoms with E-state index in [1.807, 2.05) is 6.92 Å². The number of nitrogens with one attached hydrogen (secondary N) is 1. The first-order valence-corrected chi connectivity index (χ1v) is 11.2. The minimum Gasteiger partial charge on any atom is -1.00 e. The van der Waals surface area contributed by atoms with Gasteiger partial charge in [-0.15, -0.1) is 0 Å². The van der Waals surface area contributed by atoms with E-state index in [4.69, 9.17) is 0 Å². The lowest BCUT2D eigenvalue weighted by molar-refractivity contribution is -0.890. The van der Waals surface area contributed by atoms with E-state index in [1.54, 1.807) is 12.2 Å². The molecule has 0 atom stereocenters. The monoisotopic (exact) mass is 446 g/mol. The van der Waals surface area contributed by atoms with Gasteiger partial charge >= 0.3 is 0 Å². The van der Waals surface area contributed by atoms with Crippen LogP contribution in [0.3, 0.4) is 0 Å². The normalized spacial score (nSPS) is 11.6. The van der Waals surface area contributed by atoms with Crippen molar-refractivity contribution < 1.29 is 26.3 Å². The number of hydrogen-bond donors (Lipinski definition) is 1. The van der Waals surface area contributed by atoms with Crippen molar-refractivity contribution in [2.45, 2.75) is 97.3 Å². The van der Waals surface area contributed by atoms with Gasteiger partial charge in [-0.05, 0) is 25.8 Å². The van der Waals surface area contributed by atoms with E-state index in [1.165, 1.54) is 83.6 Å². The van der Waals surface area contributed by atoms with Crippen molar-refractivity contribution in [3.05, 3.63) is 12.2 Å². The molecule has 0 heterocycles. The average Bonchev–Trinajstić information content (AvgIpc) is 2.60. The molecule has 0 spiro atoms. The highest BCUT2D eigenvalue weighted by Gasteiger charge is 2.13. The van der Waals surface area contributed by atoms with Crippen molar-refractivity contribution >= 4 is 5.91 Å². The maximum absolute atomic E-state index is 11.4. The number of allylic oxidation sites excluding steroid dienone is 1. The molecule has 0 aliphatic heterocycles. The Morgan fingerprint density at radius 1 is 0.778 bits per heavy atom. The molecule has 0 radical (unpaired) electrons. The van der Waals surface area contributed by atoms with Gasteiger partial charge < -0.3 is 26.8 Å². The fourth-order valence-corrected chi connectivity index (χ4v) is 3.42. The van der Waals surface area contributed by atoms with Crippen LogP contribution in [-0.4, -0.2) is 44.1 Å². The second-order valence-corrected chi connectivity index (χ2v) is 8.42. The lowest BCUT2D eigenvalue weighted by Gasteiger charge is -2.30. The lowest BCUT2D eigenvalue weighted by atomic mass is 10.1. The minimum atomic E-state index is 0. The Hall–Kier alpha value is -0.350. The maximum Gasteiger partial charge on any atom is 0.243 e. The second kappa shape index (κ2) is 20.4. The molecule has 1 N–H and O–H groups in total. The molecule has 0 saturated heterocycles. The Balaban J connectivity index is 0. The number of nitrogens with zero attached hydrogens (tertiary/aromatic N) is 1. The first kappa shape index (κ1) is 28.9. The fraction of sp³-hybridized carbons (Fsp3) is 0.870. The summed E-state index contributed by atoms with van der Waals surface area (Å²) in [4.78, 5) is 11.4. The van der Waals surface area contributed by atoms with Gasteiger partial charge in [0.25, 0.3) is 0 Å². The number of quaternary nitrogens is 1. The van der Waals surface area contributed by atoms with E-state index in [0.29, 0.717) is 0 Å². The topological polar surface area (TPSA) is 29.1 Å². The predicted molar refractivity (Wildman–Crippen MR) is 115 cm³/mol. The molecule has 3 nitrogen and oxygen atoms in total. The Kier molecular flexibility index (Phi) is 21.8. The summed E-state index contributed by atoms with van der Waals surface area (Å²) in [6.45, 7) is 7.32. The number of halogens is 1. The number of amides is 1. The lowest BCUT2D eigenvalue weighted by Crippen LogP contribution is -3.00. The highest BCUT2D eigenvalue weighted by molar-refractivity contribution is 5.87. The molecule has 0 unspecified atom stereocenters. The van der Waals surface area contributed by atoms with Crippen molar-refractivity contribution in [3.63, 3.8) is 0 Å². The molecule has 0 aromatic carbocycles. The van der Waals surface area contributed by atoms with Crippen LogP contribution < -0.4 is 22.3 Å². The summed E-state index contributed by atoms with van der Waals surface area (Å²) in [5, 5.41) is 2.94. The van der Waals surface area contributed by atoms with Crippen LogP contribution in [0.4, 0.5) is 0 Å². The third-order valence-corrected chi connectivity index (χ3v) is 5.17. The van der Waals surface area contributed by atoms with Crippen molar-refractivity contribution in [1.29, 1.82) is 0 Å². The smallest absolute Gasteiger partial charge is 0.243 e. The molecule has 1 amide bonds. The molecule has 0 aliphatic rings. The van der Waals surface area contributed by atoms with Crippen LogP contribution in [0.2, 0.25) is 0 Å². The summed E-state index contributed by atoms with van der Waals surface area (Å²) in [6.07, 6.45) is 21.3. The van der Waals surface area contributed by atoms with Crippen molar-refractivity contribution in [3.8, 4) is 0 Å². The molecule has 162 valence electrons. The van der Waals surface area contributed by atoms with Gasteiger partial charge in [0.2, 0.25) is 5.91 Å². The summed E-state index contributed by atoms with van der Waals surface area (Å²) in [6, 6.07) is 0. The van der Waals surface area contributed by atoms with Gasteiger partial charge in [0.05, 0.1) is 27.2 Å². The highest BCUT2D eigenvalue weighted by Crippen LogP contribution is 2.12. The van der Waals surface area contributed by atoms with Gasteiger partial charge in [-0.3, -0.25) is 4.79 Å². The first-order chi connectivity index (χ1) is 12.5. The molecular weight excluding hydrogens is 400 g/mol. The molecule has 27 heavy (non-hydrogen) atoms. The number of carbonyl (C=O) groups is 1. The maximum atomic E-state index is 11.4. The summed E-state index contributed by atoms with van der Waals surface area (Å²) < 4.78 is 1.07.